The Hall–Kier alpha value is -1.72. The number of nitrogens with zero attached hydrogens (tertiary/aromatic N) is 2. The first-order valence-electron chi connectivity index (χ1n) is 7.76. The summed E-state index contributed by atoms with van der Waals surface area (Å²) in [6.45, 7) is 6.91. The molecule has 0 aliphatic rings. The van der Waals surface area contributed by atoms with Crippen LogP contribution in [0.25, 0.3) is 0 Å². The Morgan fingerprint density at radius 3 is 2.26 bits per heavy atom. The van der Waals surface area contributed by atoms with Gasteiger partial charge in [0, 0.05) is 32.1 Å². The van der Waals surface area contributed by atoms with E-state index in [1.165, 1.54) is 6.26 Å². The zero-order valence-electron chi connectivity index (χ0n) is 13.9. The van der Waals surface area contributed by atoms with E-state index in [4.69, 9.17) is 0 Å². The summed E-state index contributed by atoms with van der Waals surface area (Å²) in [5.41, 5.74) is 2.15. The molecule has 0 unspecified atom stereocenters. The number of pyridine rings is 1. The first-order chi connectivity index (χ1) is 10.8. The Balaban J connectivity index is 2.11. The average Bonchev–Trinajstić information content (AvgIpc) is 2.47. The number of benzene rings is 1. The maximum Gasteiger partial charge on any atom is 0.175 e. The Bertz CT molecular complexity index is 710. The van der Waals surface area contributed by atoms with E-state index in [2.05, 4.69) is 23.7 Å². The van der Waals surface area contributed by atoms with E-state index in [0.29, 0.717) is 10.8 Å². The fourth-order valence-electron chi connectivity index (χ4n) is 2.52. The highest BCUT2D eigenvalue weighted by molar-refractivity contribution is 7.90. The summed E-state index contributed by atoms with van der Waals surface area (Å²) in [7, 11) is -3.14. The van der Waals surface area contributed by atoms with Crippen LogP contribution < -0.4 is 0 Å². The van der Waals surface area contributed by atoms with Crippen LogP contribution in [0.2, 0.25) is 0 Å². The molecule has 0 radical (unpaired) electrons. The Morgan fingerprint density at radius 1 is 1.04 bits per heavy atom. The van der Waals surface area contributed by atoms with E-state index in [0.717, 1.165) is 30.9 Å². The van der Waals surface area contributed by atoms with Crippen molar-refractivity contribution in [1.82, 2.24) is 9.88 Å². The summed E-state index contributed by atoms with van der Waals surface area (Å²) in [5, 5.41) is 0. The molecule has 2 rings (SSSR count). The van der Waals surface area contributed by atoms with Gasteiger partial charge in [-0.1, -0.05) is 32.0 Å². The third-order valence-corrected chi connectivity index (χ3v) is 4.62. The van der Waals surface area contributed by atoms with Gasteiger partial charge in [-0.3, -0.25) is 9.88 Å². The summed E-state index contributed by atoms with van der Waals surface area (Å²) >= 11 is 0. The summed E-state index contributed by atoms with van der Waals surface area (Å²) in [6.07, 6.45) is 3.04. The van der Waals surface area contributed by atoms with Gasteiger partial charge < -0.3 is 0 Å². The van der Waals surface area contributed by atoms with E-state index in [1.54, 1.807) is 12.1 Å². The van der Waals surface area contributed by atoms with Gasteiger partial charge in [0.2, 0.25) is 0 Å². The SMILES string of the molecule is CC(C)CN(Cc1ccc(S(C)(=O)=O)cc1)Cc1ccccn1. The third kappa shape index (κ3) is 5.77. The summed E-state index contributed by atoms with van der Waals surface area (Å²) in [4.78, 5) is 7.09. The zero-order valence-corrected chi connectivity index (χ0v) is 14.8. The summed E-state index contributed by atoms with van der Waals surface area (Å²) in [5.74, 6) is 0.550. The lowest BCUT2D eigenvalue weighted by atomic mass is 10.1. The normalized spacial score (nSPS) is 12.0. The lowest BCUT2D eigenvalue weighted by molar-refractivity contribution is 0.225. The first-order valence-corrected chi connectivity index (χ1v) is 9.65. The fraction of sp³-hybridized carbons (Fsp3) is 0.389. The summed E-state index contributed by atoms with van der Waals surface area (Å²) < 4.78 is 23.1. The second-order valence-corrected chi connectivity index (χ2v) is 8.32. The molecule has 0 amide bonds. The molecule has 1 heterocycles. The Kier molecular flexibility index (Phi) is 5.91. The van der Waals surface area contributed by atoms with Crippen molar-refractivity contribution >= 4 is 9.84 Å². The van der Waals surface area contributed by atoms with Gasteiger partial charge in [0.25, 0.3) is 0 Å². The number of aromatic nitrogens is 1. The number of hydrogen-bond donors (Lipinski definition) is 0. The van der Waals surface area contributed by atoms with Crippen LogP contribution in [0.5, 0.6) is 0 Å². The quantitative estimate of drug-likeness (QED) is 0.781. The van der Waals surface area contributed by atoms with Crippen molar-refractivity contribution in [2.24, 2.45) is 5.92 Å². The van der Waals surface area contributed by atoms with Gasteiger partial charge in [0.05, 0.1) is 10.6 Å². The van der Waals surface area contributed by atoms with Crippen LogP contribution in [0.4, 0.5) is 0 Å². The minimum absolute atomic E-state index is 0.362. The maximum absolute atomic E-state index is 11.5. The molecule has 23 heavy (non-hydrogen) atoms. The molecule has 0 atom stereocenters. The Labute approximate surface area is 139 Å². The minimum atomic E-state index is -3.14. The van der Waals surface area contributed by atoms with Gasteiger partial charge in [-0.15, -0.1) is 0 Å². The molecule has 2 aromatic rings. The molecule has 124 valence electrons. The van der Waals surface area contributed by atoms with Gasteiger partial charge in [0.15, 0.2) is 9.84 Å². The molecular weight excluding hydrogens is 308 g/mol. The standard InChI is InChI=1S/C18H24N2O2S/c1-15(2)12-20(14-17-6-4-5-11-19-17)13-16-7-9-18(10-8-16)23(3,21)22/h4-11,15H,12-14H2,1-3H3. The maximum atomic E-state index is 11.5. The molecule has 0 bridgehead atoms. The van der Waals surface area contributed by atoms with Crippen molar-refractivity contribution in [1.29, 1.82) is 0 Å². The predicted molar refractivity (Wildman–Crippen MR) is 92.7 cm³/mol. The highest BCUT2D eigenvalue weighted by Gasteiger charge is 2.11. The van der Waals surface area contributed by atoms with Gasteiger partial charge in [-0.25, -0.2) is 8.42 Å². The lowest BCUT2D eigenvalue weighted by Crippen LogP contribution is -2.27. The topological polar surface area (TPSA) is 50.3 Å². The predicted octanol–water partition coefficient (Wildman–Crippen LogP) is 3.14. The minimum Gasteiger partial charge on any atom is -0.293 e. The van der Waals surface area contributed by atoms with E-state index in [9.17, 15) is 8.42 Å². The van der Waals surface area contributed by atoms with Crippen LogP contribution >= 0.6 is 0 Å². The van der Waals surface area contributed by atoms with Gasteiger partial charge in [0.1, 0.15) is 0 Å². The van der Waals surface area contributed by atoms with E-state index in [-0.39, 0.29) is 0 Å². The second-order valence-electron chi connectivity index (χ2n) is 6.30. The molecule has 0 saturated carbocycles. The van der Waals surface area contributed by atoms with Crippen molar-refractivity contribution in [3.63, 3.8) is 0 Å². The number of hydrogen-bond acceptors (Lipinski definition) is 4. The molecule has 0 aliphatic carbocycles. The zero-order chi connectivity index (χ0) is 16.9. The highest BCUT2D eigenvalue weighted by Crippen LogP contribution is 2.14. The fourth-order valence-corrected chi connectivity index (χ4v) is 3.15. The molecule has 0 fully saturated rings. The van der Waals surface area contributed by atoms with Crippen LogP contribution in [-0.2, 0) is 22.9 Å². The molecular formula is C18H24N2O2S. The van der Waals surface area contributed by atoms with Crippen LogP contribution in [0.3, 0.4) is 0 Å². The van der Waals surface area contributed by atoms with Gasteiger partial charge >= 0.3 is 0 Å². The molecule has 0 aliphatic heterocycles. The van der Waals surface area contributed by atoms with Crippen molar-refractivity contribution in [2.45, 2.75) is 31.8 Å². The summed E-state index contributed by atoms with van der Waals surface area (Å²) in [6, 6.07) is 13.1. The molecule has 5 heteroatoms. The lowest BCUT2D eigenvalue weighted by Gasteiger charge is -2.24. The highest BCUT2D eigenvalue weighted by atomic mass is 32.2. The van der Waals surface area contributed by atoms with Crippen LogP contribution in [0.15, 0.2) is 53.6 Å². The molecule has 1 aromatic heterocycles. The van der Waals surface area contributed by atoms with E-state index < -0.39 is 9.84 Å². The van der Waals surface area contributed by atoms with Crippen LogP contribution in [-0.4, -0.2) is 31.1 Å². The number of rotatable bonds is 7. The van der Waals surface area contributed by atoms with Crippen molar-refractivity contribution < 1.29 is 8.42 Å². The number of sulfone groups is 1. The van der Waals surface area contributed by atoms with Gasteiger partial charge in [-0.2, -0.15) is 0 Å². The molecule has 0 N–H and O–H groups in total. The average molecular weight is 332 g/mol. The molecule has 4 nitrogen and oxygen atoms in total. The van der Waals surface area contributed by atoms with Crippen molar-refractivity contribution in [2.75, 3.05) is 12.8 Å². The molecule has 0 spiro atoms. The van der Waals surface area contributed by atoms with Crippen molar-refractivity contribution in [3.8, 4) is 0 Å². The van der Waals surface area contributed by atoms with E-state index in [1.807, 2.05) is 36.5 Å². The van der Waals surface area contributed by atoms with Gasteiger partial charge in [-0.05, 0) is 35.7 Å². The Morgan fingerprint density at radius 2 is 1.74 bits per heavy atom. The molecule has 0 saturated heterocycles. The smallest absolute Gasteiger partial charge is 0.175 e. The van der Waals surface area contributed by atoms with Crippen molar-refractivity contribution in [3.05, 3.63) is 59.9 Å². The second kappa shape index (κ2) is 7.70. The largest absolute Gasteiger partial charge is 0.293 e. The first kappa shape index (κ1) is 17.6. The monoisotopic (exact) mass is 332 g/mol. The van der Waals surface area contributed by atoms with Crippen LogP contribution in [0.1, 0.15) is 25.1 Å². The molecule has 1 aromatic carbocycles. The van der Waals surface area contributed by atoms with E-state index >= 15 is 0 Å². The van der Waals surface area contributed by atoms with Crippen LogP contribution in [0, 0.1) is 5.92 Å². The third-order valence-electron chi connectivity index (χ3n) is 3.49.